The Balaban J connectivity index is 1.61. The molecule has 24 heavy (non-hydrogen) atoms. The maximum Gasteiger partial charge on any atom is 0.224 e. The zero-order valence-corrected chi connectivity index (χ0v) is 14.5. The monoisotopic (exact) mass is 326 g/mol. The summed E-state index contributed by atoms with van der Waals surface area (Å²) in [5.41, 5.74) is 0.980. The Labute approximate surface area is 143 Å². The summed E-state index contributed by atoms with van der Waals surface area (Å²) in [6, 6.07) is 10.3. The van der Waals surface area contributed by atoms with E-state index in [1.54, 1.807) is 6.20 Å². The van der Waals surface area contributed by atoms with E-state index in [1.807, 2.05) is 44.2 Å². The van der Waals surface area contributed by atoms with Crippen molar-refractivity contribution in [2.75, 3.05) is 10.6 Å². The SMILES string of the molecule is CC(C)Oc1ccc(Nc2ccnc(NC3CCCCC3)n2)cc1. The predicted molar refractivity (Wildman–Crippen MR) is 98.0 cm³/mol. The smallest absolute Gasteiger partial charge is 0.224 e. The zero-order valence-electron chi connectivity index (χ0n) is 14.5. The van der Waals surface area contributed by atoms with Crippen LogP contribution in [0, 0.1) is 0 Å². The van der Waals surface area contributed by atoms with Gasteiger partial charge in [-0.2, -0.15) is 4.98 Å². The third-order valence-electron chi connectivity index (χ3n) is 4.09. The maximum atomic E-state index is 5.66. The third kappa shape index (κ3) is 4.85. The largest absolute Gasteiger partial charge is 0.491 e. The Morgan fingerprint density at radius 3 is 2.50 bits per heavy atom. The summed E-state index contributed by atoms with van der Waals surface area (Å²) < 4.78 is 5.66. The lowest BCUT2D eigenvalue weighted by atomic mass is 9.96. The van der Waals surface area contributed by atoms with Crippen molar-refractivity contribution >= 4 is 17.5 Å². The lowest BCUT2D eigenvalue weighted by molar-refractivity contribution is 0.242. The van der Waals surface area contributed by atoms with Crippen molar-refractivity contribution in [3.8, 4) is 5.75 Å². The van der Waals surface area contributed by atoms with Crippen LogP contribution in [0.2, 0.25) is 0 Å². The highest BCUT2D eigenvalue weighted by Crippen LogP contribution is 2.22. The highest BCUT2D eigenvalue weighted by Gasteiger charge is 2.14. The molecule has 1 aromatic carbocycles. The summed E-state index contributed by atoms with van der Waals surface area (Å²) in [6.45, 7) is 4.04. The molecule has 5 heteroatoms. The summed E-state index contributed by atoms with van der Waals surface area (Å²) in [4.78, 5) is 8.91. The van der Waals surface area contributed by atoms with Gasteiger partial charge in [0.25, 0.3) is 0 Å². The van der Waals surface area contributed by atoms with E-state index in [0.717, 1.165) is 17.3 Å². The fraction of sp³-hybridized carbons (Fsp3) is 0.474. The van der Waals surface area contributed by atoms with Gasteiger partial charge in [0.05, 0.1) is 6.10 Å². The van der Waals surface area contributed by atoms with Crippen LogP contribution in [0.3, 0.4) is 0 Å². The summed E-state index contributed by atoms with van der Waals surface area (Å²) >= 11 is 0. The van der Waals surface area contributed by atoms with E-state index in [-0.39, 0.29) is 6.10 Å². The molecule has 2 N–H and O–H groups in total. The number of rotatable bonds is 6. The first kappa shape index (κ1) is 16.6. The number of ether oxygens (including phenoxy) is 1. The van der Waals surface area contributed by atoms with Crippen LogP contribution >= 0.6 is 0 Å². The number of hydrogen-bond acceptors (Lipinski definition) is 5. The Morgan fingerprint density at radius 1 is 1.04 bits per heavy atom. The summed E-state index contributed by atoms with van der Waals surface area (Å²) in [5.74, 6) is 2.37. The molecule has 0 amide bonds. The molecule has 0 bridgehead atoms. The van der Waals surface area contributed by atoms with Crippen LogP contribution in [-0.4, -0.2) is 22.1 Å². The number of nitrogens with one attached hydrogen (secondary N) is 2. The molecule has 128 valence electrons. The number of benzene rings is 1. The van der Waals surface area contributed by atoms with Crippen LogP contribution in [0.4, 0.5) is 17.5 Å². The van der Waals surface area contributed by atoms with E-state index >= 15 is 0 Å². The maximum absolute atomic E-state index is 5.66. The molecule has 0 saturated heterocycles. The number of aromatic nitrogens is 2. The fourth-order valence-corrected chi connectivity index (χ4v) is 2.96. The Bertz CT molecular complexity index is 636. The molecule has 1 aromatic heterocycles. The average Bonchev–Trinajstić information content (AvgIpc) is 2.57. The van der Waals surface area contributed by atoms with E-state index in [4.69, 9.17) is 4.74 Å². The minimum absolute atomic E-state index is 0.180. The van der Waals surface area contributed by atoms with E-state index in [2.05, 4.69) is 20.6 Å². The molecule has 0 spiro atoms. The van der Waals surface area contributed by atoms with Gasteiger partial charge in [0.2, 0.25) is 5.95 Å². The topological polar surface area (TPSA) is 59.1 Å². The quantitative estimate of drug-likeness (QED) is 0.802. The molecular formula is C19H26N4O. The minimum atomic E-state index is 0.180. The molecule has 3 rings (SSSR count). The standard InChI is InChI=1S/C19H26N4O/c1-14(2)24-17-10-8-16(9-11-17)21-18-12-13-20-19(23-18)22-15-6-4-3-5-7-15/h8-15H,3-7H2,1-2H3,(H2,20,21,22,23). The normalized spacial score (nSPS) is 15.3. The highest BCUT2D eigenvalue weighted by atomic mass is 16.5. The van der Waals surface area contributed by atoms with Crippen molar-refractivity contribution in [2.24, 2.45) is 0 Å². The molecule has 1 saturated carbocycles. The second-order valence-electron chi connectivity index (χ2n) is 6.56. The van der Waals surface area contributed by atoms with Gasteiger partial charge in [-0.3, -0.25) is 0 Å². The summed E-state index contributed by atoms with van der Waals surface area (Å²) in [6.07, 6.45) is 8.31. The molecule has 0 radical (unpaired) electrons. The number of hydrogen-bond donors (Lipinski definition) is 2. The molecule has 5 nitrogen and oxygen atoms in total. The van der Waals surface area contributed by atoms with Crippen molar-refractivity contribution in [2.45, 2.75) is 58.1 Å². The second kappa shape index (κ2) is 7.99. The Morgan fingerprint density at radius 2 is 1.79 bits per heavy atom. The zero-order chi connectivity index (χ0) is 16.8. The van der Waals surface area contributed by atoms with Crippen LogP contribution in [0.25, 0.3) is 0 Å². The molecule has 0 aliphatic heterocycles. The van der Waals surface area contributed by atoms with Gasteiger partial charge in [-0.05, 0) is 57.0 Å². The van der Waals surface area contributed by atoms with Gasteiger partial charge in [-0.15, -0.1) is 0 Å². The third-order valence-corrected chi connectivity index (χ3v) is 4.09. The lowest BCUT2D eigenvalue weighted by Crippen LogP contribution is -2.23. The molecule has 0 unspecified atom stereocenters. The van der Waals surface area contributed by atoms with Gasteiger partial charge in [0, 0.05) is 17.9 Å². The van der Waals surface area contributed by atoms with Gasteiger partial charge in [-0.1, -0.05) is 19.3 Å². The summed E-state index contributed by atoms with van der Waals surface area (Å²) in [5, 5.41) is 6.77. The lowest BCUT2D eigenvalue weighted by Gasteiger charge is -2.22. The van der Waals surface area contributed by atoms with Crippen molar-refractivity contribution in [1.29, 1.82) is 0 Å². The van der Waals surface area contributed by atoms with Gasteiger partial charge >= 0.3 is 0 Å². The average molecular weight is 326 g/mol. The summed E-state index contributed by atoms with van der Waals surface area (Å²) in [7, 11) is 0. The van der Waals surface area contributed by atoms with Crippen molar-refractivity contribution < 1.29 is 4.74 Å². The molecule has 2 aromatic rings. The van der Waals surface area contributed by atoms with Gasteiger partial charge in [0.1, 0.15) is 11.6 Å². The van der Waals surface area contributed by atoms with Crippen LogP contribution < -0.4 is 15.4 Å². The van der Waals surface area contributed by atoms with E-state index < -0.39 is 0 Å². The van der Waals surface area contributed by atoms with Crippen LogP contribution in [0.1, 0.15) is 46.0 Å². The first-order chi connectivity index (χ1) is 11.7. The van der Waals surface area contributed by atoms with E-state index in [9.17, 15) is 0 Å². The number of nitrogens with zero attached hydrogens (tertiary/aromatic N) is 2. The minimum Gasteiger partial charge on any atom is -0.491 e. The first-order valence-corrected chi connectivity index (χ1v) is 8.82. The van der Waals surface area contributed by atoms with Crippen LogP contribution in [-0.2, 0) is 0 Å². The Kier molecular flexibility index (Phi) is 5.51. The fourth-order valence-electron chi connectivity index (χ4n) is 2.96. The molecule has 0 atom stereocenters. The second-order valence-corrected chi connectivity index (χ2v) is 6.56. The van der Waals surface area contributed by atoms with Crippen LogP contribution in [0.5, 0.6) is 5.75 Å². The molecule has 1 heterocycles. The highest BCUT2D eigenvalue weighted by molar-refractivity contribution is 5.57. The predicted octanol–water partition coefficient (Wildman–Crippen LogP) is 4.75. The van der Waals surface area contributed by atoms with Crippen molar-refractivity contribution in [3.63, 3.8) is 0 Å². The van der Waals surface area contributed by atoms with Gasteiger partial charge in [0.15, 0.2) is 0 Å². The molecule has 1 aliphatic carbocycles. The van der Waals surface area contributed by atoms with Gasteiger partial charge < -0.3 is 15.4 Å². The molecular weight excluding hydrogens is 300 g/mol. The van der Waals surface area contributed by atoms with Crippen molar-refractivity contribution in [3.05, 3.63) is 36.5 Å². The first-order valence-electron chi connectivity index (χ1n) is 8.82. The molecule has 1 aliphatic rings. The van der Waals surface area contributed by atoms with Gasteiger partial charge in [-0.25, -0.2) is 4.98 Å². The Hall–Kier alpha value is -2.30. The molecule has 1 fully saturated rings. The van der Waals surface area contributed by atoms with E-state index in [1.165, 1.54) is 32.1 Å². The van der Waals surface area contributed by atoms with Crippen molar-refractivity contribution in [1.82, 2.24) is 9.97 Å². The van der Waals surface area contributed by atoms with Crippen LogP contribution in [0.15, 0.2) is 36.5 Å². The number of anilines is 3. The van der Waals surface area contributed by atoms with E-state index in [0.29, 0.717) is 12.0 Å².